The molecule has 3 amide bonds. The third kappa shape index (κ3) is 5.58. The van der Waals surface area contributed by atoms with Gasteiger partial charge in [-0.05, 0) is 62.8 Å². The topological polar surface area (TPSA) is 61.9 Å². The average molecular weight is 444 g/mol. The van der Waals surface area contributed by atoms with Gasteiger partial charge >= 0.3 is 6.03 Å². The number of nitrogens with zero attached hydrogens (tertiary/aromatic N) is 2. The summed E-state index contributed by atoms with van der Waals surface area (Å²) in [7, 11) is 0. The zero-order valence-electron chi connectivity index (χ0n) is 18.9. The van der Waals surface area contributed by atoms with Crippen molar-refractivity contribution in [3.05, 3.63) is 51.7 Å². The first-order valence-corrected chi connectivity index (χ1v) is 11.9. The van der Waals surface area contributed by atoms with Crippen LogP contribution in [0, 0.1) is 6.92 Å². The molecule has 2 atom stereocenters. The van der Waals surface area contributed by atoms with Gasteiger partial charge < -0.3 is 19.9 Å². The van der Waals surface area contributed by atoms with Gasteiger partial charge in [0.15, 0.2) is 0 Å². The average Bonchev–Trinajstić information content (AvgIpc) is 3.25. The van der Waals surface area contributed by atoms with Crippen molar-refractivity contribution in [3.8, 4) is 5.75 Å². The molecular formula is C24H33N3O3S. The van der Waals surface area contributed by atoms with Crippen molar-refractivity contribution in [1.29, 1.82) is 0 Å². The summed E-state index contributed by atoms with van der Waals surface area (Å²) >= 11 is 1.73. The lowest BCUT2D eigenvalue weighted by Crippen LogP contribution is -2.52. The molecular weight excluding hydrogens is 410 g/mol. The van der Waals surface area contributed by atoms with Crippen molar-refractivity contribution in [2.45, 2.75) is 52.6 Å². The highest BCUT2D eigenvalue weighted by molar-refractivity contribution is 7.10. The van der Waals surface area contributed by atoms with Gasteiger partial charge in [0.1, 0.15) is 18.9 Å². The Morgan fingerprint density at radius 3 is 2.68 bits per heavy atom. The number of ether oxygens (including phenoxy) is 1. The molecule has 0 saturated carbocycles. The van der Waals surface area contributed by atoms with Crippen LogP contribution in [-0.4, -0.2) is 54.0 Å². The van der Waals surface area contributed by atoms with Crippen molar-refractivity contribution in [3.63, 3.8) is 0 Å². The van der Waals surface area contributed by atoms with E-state index in [-0.39, 0.29) is 30.6 Å². The number of thiophene rings is 1. The molecule has 0 saturated heterocycles. The molecule has 0 spiro atoms. The maximum atomic E-state index is 13.4. The fourth-order valence-electron chi connectivity index (χ4n) is 3.82. The van der Waals surface area contributed by atoms with E-state index in [9.17, 15) is 9.59 Å². The predicted octanol–water partition coefficient (Wildman–Crippen LogP) is 4.39. The Morgan fingerprint density at radius 2 is 2.00 bits per heavy atom. The Morgan fingerprint density at radius 1 is 1.26 bits per heavy atom. The summed E-state index contributed by atoms with van der Waals surface area (Å²) in [5, 5.41) is 4.92. The summed E-state index contributed by atoms with van der Waals surface area (Å²) < 4.78 is 6.08. The molecule has 2 heterocycles. The molecule has 0 radical (unpaired) electrons. The van der Waals surface area contributed by atoms with Crippen molar-refractivity contribution >= 4 is 23.3 Å². The largest absolute Gasteiger partial charge is 0.491 e. The third-order valence-corrected chi connectivity index (χ3v) is 6.86. The van der Waals surface area contributed by atoms with Crippen molar-refractivity contribution in [2.24, 2.45) is 0 Å². The maximum Gasteiger partial charge on any atom is 0.318 e. The van der Waals surface area contributed by atoms with E-state index in [0.717, 1.165) is 24.2 Å². The summed E-state index contributed by atoms with van der Waals surface area (Å²) in [6.07, 6.45) is 1.63. The number of carbonyl (C=O) groups is 2. The van der Waals surface area contributed by atoms with Crippen LogP contribution >= 0.6 is 11.3 Å². The Kier molecular flexibility index (Phi) is 7.96. The first kappa shape index (κ1) is 23.1. The minimum absolute atomic E-state index is 0.0146. The van der Waals surface area contributed by atoms with E-state index in [1.807, 2.05) is 56.9 Å². The summed E-state index contributed by atoms with van der Waals surface area (Å²) in [5.41, 5.74) is 2.34. The number of nitrogens with one attached hydrogen (secondary N) is 1. The number of hydrogen-bond donors (Lipinski definition) is 1. The van der Waals surface area contributed by atoms with E-state index in [1.165, 1.54) is 10.4 Å². The lowest BCUT2D eigenvalue weighted by atomic mass is 10.00. The Labute approximate surface area is 189 Å². The van der Waals surface area contributed by atoms with Crippen LogP contribution in [0.1, 0.15) is 49.2 Å². The SMILES string of the molecule is CCNC(=O)N(CC(=O)N1CCc2sccc2[C@@H]1COc1ccc(C)cc1)[C@@H](C)CC. The van der Waals surface area contributed by atoms with E-state index in [2.05, 4.69) is 16.8 Å². The van der Waals surface area contributed by atoms with Crippen LogP contribution < -0.4 is 10.1 Å². The lowest BCUT2D eigenvalue weighted by molar-refractivity contribution is -0.135. The molecule has 0 bridgehead atoms. The number of amides is 3. The van der Waals surface area contributed by atoms with Gasteiger partial charge in [-0.25, -0.2) is 4.79 Å². The van der Waals surface area contributed by atoms with E-state index in [1.54, 1.807) is 16.2 Å². The lowest BCUT2D eigenvalue weighted by Gasteiger charge is -2.38. The minimum Gasteiger partial charge on any atom is -0.491 e. The van der Waals surface area contributed by atoms with Gasteiger partial charge in [0.2, 0.25) is 5.91 Å². The molecule has 0 fully saturated rings. The highest BCUT2D eigenvalue weighted by Crippen LogP contribution is 2.34. The predicted molar refractivity (Wildman–Crippen MR) is 125 cm³/mol. The van der Waals surface area contributed by atoms with Crippen molar-refractivity contribution in [2.75, 3.05) is 26.2 Å². The smallest absolute Gasteiger partial charge is 0.318 e. The van der Waals surface area contributed by atoms with E-state index in [0.29, 0.717) is 19.7 Å². The number of urea groups is 1. The molecule has 31 heavy (non-hydrogen) atoms. The highest BCUT2D eigenvalue weighted by atomic mass is 32.1. The summed E-state index contributed by atoms with van der Waals surface area (Å²) in [6.45, 7) is 9.57. The Hall–Kier alpha value is -2.54. The van der Waals surface area contributed by atoms with E-state index < -0.39 is 0 Å². The number of aryl methyl sites for hydroxylation is 1. The van der Waals surface area contributed by atoms with Crippen LogP contribution in [0.2, 0.25) is 0 Å². The second-order valence-electron chi connectivity index (χ2n) is 8.00. The first-order chi connectivity index (χ1) is 14.9. The van der Waals surface area contributed by atoms with Crippen LogP contribution in [0.3, 0.4) is 0 Å². The Balaban J connectivity index is 1.77. The van der Waals surface area contributed by atoms with Crippen LogP contribution in [-0.2, 0) is 11.2 Å². The van der Waals surface area contributed by atoms with Crippen LogP contribution in [0.4, 0.5) is 4.79 Å². The fraction of sp³-hybridized carbons (Fsp3) is 0.500. The van der Waals surface area contributed by atoms with Crippen molar-refractivity contribution < 1.29 is 14.3 Å². The molecule has 1 N–H and O–H groups in total. The molecule has 7 heteroatoms. The van der Waals surface area contributed by atoms with Gasteiger partial charge in [-0.3, -0.25) is 4.79 Å². The van der Waals surface area contributed by atoms with Gasteiger partial charge in [-0.2, -0.15) is 0 Å². The second-order valence-corrected chi connectivity index (χ2v) is 9.00. The number of benzene rings is 1. The van der Waals surface area contributed by atoms with Gasteiger partial charge in [0.05, 0.1) is 6.04 Å². The molecule has 0 unspecified atom stereocenters. The molecule has 0 aliphatic carbocycles. The fourth-order valence-corrected chi connectivity index (χ4v) is 4.75. The maximum absolute atomic E-state index is 13.4. The second kappa shape index (κ2) is 10.7. The number of fused-ring (bicyclic) bond motifs is 1. The molecule has 1 aliphatic heterocycles. The number of rotatable bonds is 8. The third-order valence-electron chi connectivity index (χ3n) is 5.86. The van der Waals surface area contributed by atoms with Gasteiger partial charge in [0.25, 0.3) is 0 Å². The number of carbonyl (C=O) groups excluding carboxylic acids is 2. The molecule has 6 nitrogen and oxygen atoms in total. The monoisotopic (exact) mass is 443 g/mol. The highest BCUT2D eigenvalue weighted by Gasteiger charge is 2.34. The number of hydrogen-bond acceptors (Lipinski definition) is 4. The molecule has 2 aromatic rings. The van der Waals surface area contributed by atoms with Gasteiger partial charge in [0, 0.05) is 24.0 Å². The van der Waals surface area contributed by atoms with Crippen LogP contribution in [0.25, 0.3) is 0 Å². The summed E-state index contributed by atoms with van der Waals surface area (Å²) in [6, 6.07) is 9.69. The Bertz CT molecular complexity index is 880. The molecule has 1 aliphatic rings. The molecule has 1 aromatic heterocycles. The first-order valence-electron chi connectivity index (χ1n) is 11.0. The normalized spacial score (nSPS) is 16.4. The minimum atomic E-state index is -0.189. The molecule has 168 valence electrons. The summed E-state index contributed by atoms with van der Waals surface area (Å²) in [5.74, 6) is 0.754. The molecule has 1 aromatic carbocycles. The standard InChI is InChI=1S/C24H33N3O3S/c1-5-18(4)27(24(29)25-6-2)15-23(28)26-13-11-22-20(12-14-31-22)21(26)16-30-19-9-7-17(3)8-10-19/h7-10,12,14,18,21H,5-6,11,13,15-16H2,1-4H3,(H,25,29)/t18-,21-/m0/s1. The quantitative estimate of drug-likeness (QED) is 0.658. The molecule has 3 rings (SSSR count). The van der Waals surface area contributed by atoms with E-state index >= 15 is 0 Å². The van der Waals surface area contributed by atoms with Crippen molar-refractivity contribution in [1.82, 2.24) is 15.1 Å². The van der Waals surface area contributed by atoms with Gasteiger partial charge in [-0.1, -0.05) is 24.6 Å². The van der Waals surface area contributed by atoms with Crippen LogP contribution in [0.5, 0.6) is 5.75 Å². The zero-order chi connectivity index (χ0) is 22.4. The van der Waals surface area contributed by atoms with Crippen LogP contribution in [0.15, 0.2) is 35.7 Å². The zero-order valence-corrected chi connectivity index (χ0v) is 19.7. The summed E-state index contributed by atoms with van der Waals surface area (Å²) in [4.78, 5) is 30.8. The van der Waals surface area contributed by atoms with Gasteiger partial charge in [-0.15, -0.1) is 11.3 Å². The van der Waals surface area contributed by atoms with E-state index in [4.69, 9.17) is 4.74 Å².